The van der Waals surface area contributed by atoms with Crippen LogP contribution < -0.4 is 10.1 Å². The number of carbonyl (C=O) groups is 2. The summed E-state index contributed by atoms with van der Waals surface area (Å²) in [5.74, 6) is 0.474. The SMILES string of the molecule is CC[C@@H](C)NC(=O)[C@@H](Cc1ccccc1)N(Cc1ccc(Cl)c(Cl)c1)C(=O)CCCOc1ccc(C)cc1. The Hall–Kier alpha value is -3.02. The summed E-state index contributed by atoms with van der Waals surface area (Å²) in [7, 11) is 0. The number of amides is 2. The highest BCUT2D eigenvalue weighted by molar-refractivity contribution is 6.42. The van der Waals surface area contributed by atoms with E-state index >= 15 is 0 Å². The van der Waals surface area contributed by atoms with Crippen molar-refractivity contribution in [2.24, 2.45) is 0 Å². The van der Waals surface area contributed by atoms with Crippen LogP contribution in [0.1, 0.15) is 49.8 Å². The zero-order valence-corrected chi connectivity index (χ0v) is 23.8. The lowest BCUT2D eigenvalue weighted by Crippen LogP contribution is -2.52. The maximum Gasteiger partial charge on any atom is 0.243 e. The van der Waals surface area contributed by atoms with Gasteiger partial charge >= 0.3 is 0 Å². The standard InChI is InChI=1S/C31H36Cl2N2O3/c1-4-23(3)34-31(37)29(20-24-9-6-5-7-10-24)35(21-25-14-17-27(32)28(33)19-25)30(36)11-8-18-38-26-15-12-22(2)13-16-26/h5-7,9-10,12-17,19,23,29H,4,8,11,18,20-21H2,1-3H3,(H,34,37)/t23-,29-/m1/s1. The highest BCUT2D eigenvalue weighted by Crippen LogP contribution is 2.25. The molecule has 2 atom stereocenters. The van der Waals surface area contributed by atoms with E-state index in [0.717, 1.165) is 28.9 Å². The maximum atomic E-state index is 13.7. The summed E-state index contributed by atoms with van der Waals surface area (Å²) < 4.78 is 5.83. The topological polar surface area (TPSA) is 58.6 Å². The van der Waals surface area contributed by atoms with E-state index in [0.29, 0.717) is 29.5 Å². The first kappa shape index (κ1) is 29.5. The van der Waals surface area contributed by atoms with Crippen LogP contribution in [0.5, 0.6) is 5.75 Å². The molecular weight excluding hydrogens is 519 g/mol. The second kappa shape index (κ2) is 14.8. The predicted octanol–water partition coefficient (Wildman–Crippen LogP) is 7.02. The van der Waals surface area contributed by atoms with Gasteiger partial charge in [-0.25, -0.2) is 0 Å². The Morgan fingerprint density at radius 3 is 2.32 bits per heavy atom. The second-order valence-corrected chi connectivity index (χ2v) is 10.4. The van der Waals surface area contributed by atoms with Crippen molar-refractivity contribution in [2.45, 2.75) is 65.1 Å². The molecule has 2 amide bonds. The van der Waals surface area contributed by atoms with Crippen LogP contribution in [0.15, 0.2) is 72.8 Å². The van der Waals surface area contributed by atoms with E-state index < -0.39 is 6.04 Å². The maximum absolute atomic E-state index is 13.7. The Morgan fingerprint density at radius 2 is 1.66 bits per heavy atom. The molecule has 0 saturated carbocycles. The highest BCUT2D eigenvalue weighted by atomic mass is 35.5. The predicted molar refractivity (Wildman–Crippen MR) is 155 cm³/mol. The minimum atomic E-state index is -0.689. The molecule has 3 rings (SSSR count). The summed E-state index contributed by atoms with van der Waals surface area (Å²) >= 11 is 12.4. The number of hydrogen-bond acceptors (Lipinski definition) is 3. The van der Waals surface area contributed by atoms with Gasteiger partial charge in [0.1, 0.15) is 11.8 Å². The first-order chi connectivity index (χ1) is 18.3. The molecule has 0 unspecified atom stereocenters. The van der Waals surface area contributed by atoms with Gasteiger partial charge in [-0.1, -0.05) is 84.2 Å². The van der Waals surface area contributed by atoms with Crippen LogP contribution in [0.2, 0.25) is 10.0 Å². The molecule has 0 radical (unpaired) electrons. The van der Waals surface area contributed by atoms with Gasteiger partial charge < -0.3 is 15.0 Å². The molecule has 0 aromatic heterocycles. The molecule has 3 aromatic carbocycles. The van der Waals surface area contributed by atoms with Gasteiger partial charge in [0.05, 0.1) is 16.7 Å². The fraction of sp³-hybridized carbons (Fsp3) is 0.355. The number of rotatable bonds is 13. The molecule has 5 nitrogen and oxygen atoms in total. The molecule has 0 spiro atoms. The van der Waals surface area contributed by atoms with Crippen molar-refractivity contribution in [2.75, 3.05) is 6.61 Å². The van der Waals surface area contributed by atoms with E-state index in [1.54, 1.807) is 17.0 Å². The fourth-order valence-corrected chi connectivity index (χ4v) is 4.34. The quantitative estimate of drug-likeness (QED) is 0.231. The number of aryl methyl sites for hydroxylation is 1. The molecular formula is C31H36Cl2N2O3. The van der Waals surface area contributed by atoms with E-state index in [1.807, 2.05) is 81.4 Å². The fourth-order valence-electron chi connectivity index (χ4n) is 4.02. The summed E-state index contributed by atoms with van der Waals surface area (Å²) in [5.41, 5.74) is 2.94. The Kier molecular flexibility index (Phi) is 11.5. The summed E-state index contributed by atoms with van der Waals surface area (Å²) in [6, 6.07) is 22.2. The molecule has 0 aliphatic heterocycles. The monoisotopic (exact) mass is 554 g/mol. The Morgan fingerprint density at radius 1 is 0.947 bits per heavy atom. The molecule has 0 aliphatic rings. The van der Waals surface area contributed by atoms with Crippen molar-refractivity contribution < 1.29 is 14.3 Å². The molecule has 0 heterocycles. The van der Waals surface area contributed by atoms with E-state index in [2.05, 4.69) is 5.32 Å². The minimum absolute atomic E-state index is 0.00869. The van der Waals surface area contributed by atoms with E-state index in [1.165, 1.54) is 0 Å². The van der Waals surface area contributed by atoms with Gasteiger partial charge in [-0.15, -0.1) is 0 Å². The number of hydrogen-bond donors (Lipinski definition) is 1. The van der Waals surface area contributed by atoms with Crippen LogP contribution in [0, 0.1) is 6.92 Å². The Labute approximate surface area is 236 Å². The molecule has 38 heavy (non-hydrogen) atoms. The summed E-state index contributed by atoms with van der Waals surface area (Å²) in [5, 5.41) is 3.93. The molecule has 202 valence electrons. The van der Waals surface area contributed by atoms with Crippen LogP contribution >= 0.6 is 23.2 Å². The molecule has 0 aliphatic carbocycles. The van der Waals surface area contributed by atoms with Gasteiger partial charge in [0, 0.05) is 25.4 Å². The average molecular weight is 556 g/mol. The van der Waals surface area contributed by atoms with Gasteiger partial charge in [0.15, 0.2) is 0 Å². The van der Waals surface area contributed by atoms with Crippen LogP contribution in [-0.4, -0.2) is 35.4 Å². The lowest BCUT2D eigenvalue weighted by atomic mass is 10.0. The number of carbonyl (C=O) groups excluding carboxylic acids is 2. The lowest BCUT2D eigenvalue weighted by molar-refractivity contribution is -0.141. The second-order valence-electron chi connectivity index (χ2n) is 9.56. The van der Waals surface area contributed by atoms with Gasteiger partial charge in [-0.05, 0) is 62.1 Å². The van der Waals surface area contributed by atoms with Crippen molar-refractivity contribution in [1.29, 1.82) is 0 Å². The normalized spacial score (nSPS) is 12.4. The highest BCUT2D eigenvalue weighted by Gasteiger charge is 2.30. The smallest absolute Gasteiger partial charge is 0.243 e. The summed E-state index contributed by atoms with van der Waals surface area (Å²) in [6.07, 6.45) is 1.96. The first-order valence-corrected chi connectivity index (χ1v) is 13.8. The van der Waals surface area contributed by atoms with Gasteiger partial charge in [0.25, 0.3) is 0 Å². The van der Waals surface area contributed by atoms with Crippen LogP contribution in [0.3, 0.4) is 0 Å². The largest absolute Gasteiger partial charge is 0.494 e. The van der Waals surface area contributed by atoms with Gasteiger partial charge in [0.2, 0.25) is 11.8 Å². The van der Waals surface area contributed by atoms with E-state index in [4.69, 9.17) is 27.9 Å². The average Bonchev–Trinajstić information content (AvgIpc) is 2.91. The number of halogens is 2. The van der Waals surface area contributed by atoms with Crippen LogP contribution in [-0.2, 0) is 22.6 Å². The molecule has 7 heteroatoms. The molecule has 3 aromatic rings. The Bertz CT molecular complexity index is 1190. The lowest BCUT2D eigenvalue weighted by Gasteiger charge is -2.32. The van der Waals surface area contributed by atoms with Crippen molar-refractivity contribution in [1.82, 2.24) is 10.2 Å². The first-order valence-electron chi connectivity index (χ1n) is 13.0. The van der Waals surface area contributed by atoms with Crippen LogP contribution in [0.25, 0.3) is 0 Å². The molecule has 0 saturated heterocycles. The zero-order valence-electron chi connectivity index (χ0n) is 22.3. The Balaban J connectivity index is 1.82. The number of ether oxygens (including phenoxy) is 1. The molecule has 1 N–H and O–H groups in total. The summed E-state index contributed by atoms with van der Waals surface area (Å²) in [6.45, 7) is 6.64. The van der Waals surface area contributed by atoms with E-state index in [9.17, 15) is 9.59 Å². The van der Waals surface area contributed by atoms with Crippen molar-refractivity contribution in [3.8, 4) is 5.75 Å². The number of nitrogens with one attached hydrogen (secondary N) is 1. The minimum Gasteiger partial charge on any atom is -0.494 e. The molecule has 0 fully saturated rings. The van der Waals surface area contributed by atoms with Crippen molar-refractivity contribution >= 4 is 35.0 Å². The molecule has 0 bridgehead atoms. The van der Waals surface area contributed by atoms with Crippen molar-refractivity contribution in [3.63, 3.8) is 0 Å². The van der Waals surface area contributed by atoms with Gasteiger partial charge in [-0.3, -0.25) is 9.59 Å². The van der Waals surface area contributed by atoms with E-state index in [-0.39, 0.29) is 30.8 Å². The third-order valence-corrected chi connectivity index (χ3v) is 7.17. The number of benzene rings is 3. The van der Waals surface area contributed by atoms with Gasteiger partial charge in [-0.2, -0.15) is 0 Å². The zero-order chi connectivity index (χ0) is 27.5. The third kappa shape index (κ3) is 9.07. The van der Waals surface area contributed by atoms with Crippen molar-refractivity contribution in [3.05, 3.63) is 99.5 Å². The number of nitrogens with zero attached hydrogens (tertiary/aromatic N) is 1. The van der Waals surface area contributed by atoms with Crippen LogP contribution in [0.4, 0.5) is 0 Å². The summed E-state index contributed by atoms with van der Waals surface area (Å²) in [4.78, 5) is 28.9. The third-order valence-electron chi connectivity index (χ3n) is 6.43.